The number of hydrogen-bond donors (Lipinski definition) is 1. The van der Waals surface area contributed by atoms with Crippen LogP contribution in [0, 0.1) is 0 Å². The molecule has 1 atom stereocenters. The molecule has 8 heteroatoms. The number of ether oxygens (including phenoxy) is 3. The fraction of sp³-hybridized carbons (Fsp3) is 0.483. The van der Waals surface area contributed by atoms with E-state index >= 15 is 0 Å². The largest absolute Gasteiger partial charge is 0.497 e. The lowest BCUT2D eigenvalue weighted by molar-refractivity contribution is -0.137. The Bertz CT molecular complexity index is 1280. The zero-order valence-electron chi connectivity index (χ0n) is 22.2. The molecule has 0 radical (unpaired) electrons. The molecule has 0 saturated carbocycles. The molecule has 0 aliphatic carbocycles. The molecule has 5 rings (SSSR count). The lowest BCUT2D eigenvalue weighted by atomic mass is 9.68. The monoisotopic (exact) mass is 507 g/mol. The van der Waals surface area contributed by atoms with Crippen LogP contribution in [-0.4, -0.2) is 79.6 Å². The molecular formula is C29H37N3O5. The summed E-state index contributed by atoms with van der Waals surface area (Å²) in [4.78, 5) is 16.9. The first-order valence-corrected chi connectivity index (χ1v) is 12.9. The van der Waals surface area contributed by atoms with E-state index in [9.17, 15) is 9.90 Å². The summed E-state index contributed by atoms with van der Waals surface area (Å²) >= 11 is 0. The third kappa shape index (κ3) is 4.47. The highest BCUT2D eigenvalue weighted by Gasteiger charge is 2.48. The van der Waals surface area contributed by atoms with Crippen molar-refractivity contribution in [1.29, 1.82) is 0 Å². The normalized spacial score (nSPS) is 19.3. The van der Waals surface area contributed by atoms with Crippen molar-refractivity contribution >= 4 is 16.8 Å². The third-order valence-electron chi connectivity index (χ3n) is 8.28. The molecule has 1 N–H and O–H groups in total. The van der Waals surface area contributed by atoms with E-state index in [1.54, 1.807) is 21.3 Å². The van der Waals surface area contributed by atoms with Gasteiger partial charge in [-0.2, -0.15) is 0 Å². The minimum Gasteiger partial charge on any atom is -0.497 e. The molecule has 1 aromatic heterocycles. The average molecular weight is 508 g/mol. The fourth-order valence-corrected chi connectivity index (χ4v) is 6.44. The van der Waals surface area contributed by atoms with Crippen LogP contribution in [0.5, 0.6) is 11.5 Å². The van der Waals surface area contributed by atoms with Gasteiger partial charge in [0, 0.05) is 62.9 Å². The predicted octanol–water partition coefficient (Wildman–Crippen LogP) is 3.25. The number of aromatic nitrogens is 1. The Morgan fingerprint density at radius 1 is 1.05 bits per heavy atom. The molecule has 1 saturated heterocycles. The van der Waals surface area contributed by atoms with Gasteiger partial charge in [0.15, 0.2) is 0 Å². The number of methoxy groups -OCH3 is 3. The van der Waals surface area contributed by atoms with Crippen molar-refractivity contribution in [2.24, 2.45) is 7.05 Å². The van der Waals surface area contributed by atoms with Crippen molar-refractivity contribution in [3.8, 4) is 11.5 Å². The number of amides is 1. The number of aryl methyl sites for hydroxylation is 1. The molecule has 3 aromatic rings. The van der Waals surface area contributed by atoms with E-state index in [0.29, 0.717) is 19.6 Å². The van der Waals surface area contributed by atoms with Gasteiger partial charge in [0.2, 0.25) is 5.91 Å². The van der Waals surface area contributed by atoms with Gasteiger partial charge in [-0.25, -0.2) is 0 Å². The average Bonchev–Trinajstić information content (AvgIpc) is 3.22. The molecule has 1 amide bonds. The number of aliphatic hydroxyl groups is 1. The first-order valence-electron chi connectivity index (χ1n) is 12.9. The van der Waals surface area contributed by atoms with Gasteiger partial charge in [0.25, 0.3) is 0 Å². The van der Waals surface area contributed by atoms with Gasteiger partial charge in [0.1, 0.15) is 18.1 Å². The van der Waals surface area contributed by atoms with Gasteiger partial charge in [-0.3, -0.25) is 9.69 Å². The lowest BCUT2D eigenvalue weighted by Gasteiger charge is -2.50. The molecule has 3 heterocycles. The summed E-state index contributed by atoms with van der Waals surface area (Å²) in [6.45, 7) is 3.00. The summed E-state index contributed by atoms with van der Waals surface area (Å²) in [6.07, 6.45) is 1.71. The second kappa shape index (κ2) is 10.4. The number of piperidine rings is 1. The van der Waals surface area contributed by atoms with Gasteiger partial charge in [-0.15, -0.1) is 0 Å². The van der Waals surface area contributed by atoms with Crippen molar-refractivity contribution < 1.29 is 24.1 Å². The Morgan fingerprint density at radius 3 is 2.46 bits per heavy atom. The van der Waals surface area contributed by atoms with E-state index in [4.69, 9.17) is 14.2 Å². The summed E-state index contributed by atoms with van der Waals surface area (Å²) < 4.78 is 18.4. The topological polar surface area (TPSA) is 76.4 Å². The van der Waals surface area contributed by atoms with Crippen molar-refractivity contribution in [3.63, 3.8) is 0 Å². The highest BCUT2D eigenvalue weighted by atomic mass is 16.5. The number of fused-ring (bicyclic) bond motifs is 4. The van der Waals surface area contributed by atoms with Gasteiger partial charge < -0.3 is 28.8 Å². The van der Waals surface area contributed by atoms with Crippen LogP contribution >= 0.6 is 0 Å². The van der Waals surface area contributed by atoms with Crippen LogP contribution in [0.2, 0.25) is 0 Å². The first-order chi connectivity index (χ1) is 17.9. The van der Waals surface area contributed by atoms with Gasteiger partial charge in [-0.05, 0) is 48.2 Å². The van der Waals surface area contributed by atoms with E-state index in [0.717, 1.165) is 47.7 Å². The van der Waals surface area contributed by atoms with Crippen LogP contribution in [-0.2, 0) is 28.5 Å². The van der Waals surface area contributed by atoms with Crippen molar-refractivity contribution in [2.75, 3.05) is 54.2 Å². The molecule has 2 aliphatic heterocycles. The second-order valence-electron chi connectivity index (χ2n) is 10.3. The molecule has 2 aromatic carbocycles. The van der Waals surface area contributed by atoms with Crippen LogP contribution in [0.25, 0.3) is 10.9 Å². The fourth-order valence-electron chi connectivity index (χ4n) is 6.44. The zero-order chi connectivity index (χ0) is 26.2. The van der Waals surface area contributed by atoms with Crippen molar-refractivity contribution in [3.05, 3.63) is 59.3 Å². The number of aliphatic hydroxyl groups excluding tert-OH is 1. The highest BCUT2D eigenvalue weighted by molar-refractivity contribution is 5.89. The van der Waals surface area contributed by atoms with Gasteiger partial charge >= 0.3 is 0 Å². The van der Waals surface area contributed by atoms with Crippen LogP contribution in [0.3, 0.4) is 0 Å². The lowest BCUT2D eigenvalue weighted by Crippen LogP contribution is -2.54. The van der Waals surface area contributed by atoms with Crippen LogP contribution in [0.4, 0.5) is 0 Å². The maximum atomic E-state index is 12.6. The quantitative estimate of drug-likeness (QED) is 0.529. The zero-order valence-corrected chi connectivity index (χ0v) is 22.2. The number of rotatable bonds is 7. The number of benzene rings is 2. The second-order valence-corrected chi connectivity index (χ2v) is 10.3. The standard InChI is InChI=1S/C29H37N3O5/c1-30-24-15-22(37-4)8-9-23(24)27-28(30)25(17-33)32(16-20-6-5-7-21(14-20)36-3)19-29(27)10-12-31(13-11-29)26(34)18-35-2/h5-9,14-15,25,33H,10-13,16-19H2,1-4H3/t25-/m1/s1. The maximum Gasteiger partial charge on any atom is 0.248 e. The minimum atomic E-state index is -0.150. The van der Waals surface area contributed by atoms with Crippen molar-refractivity contribution in [1.82, 2.24) is 14.4 Å². The summed E-state index contributed by atoms with van der Waals surface area (Å²) in [5.41, 5.74) is 4.56. The number of carbonyl (C=O) groups excluding carboxylic acids is 1. The summed E-state index contributed by atoms with van der Waals surface area (Å²) in [7, 11) is 7.01. The number of likely N-dealkylation sites (tertiary alicyclic amines) is 1. The molecule has 2 aliphatic rings. The van der Waals surface area contributed by atoms with E-state index in [2.05, 4.69) is 40.8 Å². The molecule has 8 nitrogen and oxygen atoms in total. The Morgan fingerprint density at radius 2 is 1.78 bits per heavy atom. The SMILES string of the molecule is COCC(=O)N1CCC2(CC1)CN(Cc1cccc(OC)c1)[C@H](CO)c1c2c2ccc(OC)cc2n1C. The molecule has 0 unspecified atom stereocenters. The maximum absolute atomic E-state index is 12.6. The third-order valence-corrected chi connectivity index (χ3v) is 8.28. The van der Waals surface area contributed by atoms with Crippen LogP contribution in [0.15, 0.2) is 42.5 Å². The van der Waals surface area contributed by atoms with Crippen LogP contribution in [0.1, 0.15) is 35.7 Å². The molecule has 1 fully saturated rings. The highest BCUT2D eigenvalue weighted by Crippen LogP contribution is 2.50. The number of hydrogen-bond acceptors (Lipinski definition) is 6. The molecular weight excluding hydrogens is 470 g/mol. The molecule has 198 valence electrons. The number of nitrogens with zero attached hydrogens (tertiary/aromatic N) is 3. The number of carbonyl (C=O) groups is 1. The van der Waals surface area contributed by atoms with Gasteiger partial charge in [0.05, 0.1) is 32.4 Å². The first kappa shape index (κ1) is 25.6. The molecule has 0 bridgehead atoms. The van der Waals surface area contributed by atoms with Crippen LogP contribution < -0.4 is 9.47 Å². The Kier molecular flexibility index (Phi) is 7.16. The minimum absolute atomic E-state index is 0.0206. The predicted molar refractivity (Wildman–Crippen MR) is 142 cm³/mol. The van der Waals surface area contributed by atoms with Crippen molar-refractivity contribution in [2.45, 2.75) is 30.8 Å². The smallest absolute Gasteiger partial charge is 0.248 e. The molecule has 1 spiro atoms. The van der Waals surface area contributed by atoms with E-state index < -0.39 is 0 Å². The summed E-state index contributed by atoms with van der Waals surface area (Å²) in [5.74, 6) is 1.68. The summed E-state index contributed by atoms with van der Waals surface area (Å²) in [5, 5.41) is 11.9. The van der Waals surface area contributed by atoms with E-state index in [1.807, 2.05) is 23.1 Å². The Balaban J connectivity index is 1.60. The van der Waals surface area contributed by atoms with E-state index in [-0.39, 0.29) is 30.6 Å². The molecule has 37 heavy (non-hydrogen) atoms. The van der Waals surface area contributed by atoms with Gasteiger partial charge in [-0.1, -0.05) is 12.1 Å². The summed E-state index contributed by atoms with van der Waals surface area (Å²) in [6, 6.07) is 14.2. The Labute approximate surface area is 218 Å². The Hall–Kier alpha value is -3.07. The van der Waals surface area contributed by atoms with E-state index in [1.165, 1.54) is 10.9 Å².